The van der Waals surface area contributed by atoms with Crippen molar-refractivity contribution in [1.29, 1.82) is 0 Å². The van der Waals surface area contributed by atoms with Crippen molar-refractivity contribution in [3.05, 3.63) is 29.8 Å². The number of ether oxygens (including phenoxy) is 1. The topological polar surface area (TPSA) is 78.9 Å². The molecular weight excluding hydrogens is 260 g/mol. The molecule has 1 aliphatic rings. The van der Waals surface area contributed by atoms with Crippen LogP contribution in [0.15, 0.2) is 24.3 Å². The molecule has 1 unspecified atom stereocenters. The minimum Gasteiger partial charge on any atom is -0.491 e. The number of carbonyl (C=O) groups is 2. The molecule has 20 heavy (non-hydrogen) atoms. The van der Waals surface area contributed by atoms with Gasteiger partial charge in [0.15, 0.2) is 0 Å². The molecule has 0 bridgehead atoms. The molecule has 1 aromatic carbocycles. The fourth-order valence-corrected chi connectivity index (χ4v) is 1.93. The minimum atomic E-state index is -1.27. The van der Waals surface area contributed by atoms with E-state index in [1.165, 1.54) is 25.8 Å². The number of benzene rings is 1. The molecule has 6 nitrogen and oxygen atoms in total. The molecule has 6 heteroatoms. The number of amides is 2. The van der Waals surface area contributed by atoms with E-state index < -0.39 is 17.5 Å². The van der Waals surface area contributed by atoms with Crippen LogP contribution in [0.2, 0.25) is 0 Å². The van der Waals surface area contributed by atoms with Gasteiger partial charge in [0.2, 0.25) is 0 Å². The van der Waals surface area contributed by atoms with Crippen LogP contribution in [0.1, 0.15) is 25.5 Å². The van der Waals surface area contributed by atoms with Gasteiger partial charge in [0.1, 0.15) is 17.9 Å². The van der Waals surface area contributed by atoms with E-state index in [0.717, 1.165) is 11.3 Å². The minimum absolute atomic E-state index is 0.259. The number of fused-ring (bicyclic) bond motifs is 1. The summed E-state index contributed by atoms with van der Waals surface area (Å²) < 4.78 is 5.48. The van der Waals surface area contributed by atoms with Crippen LogP contribution >= 0.6 is 0 Å². The lowest BCUT2D eigenvalue weighted by Gasteiger charge is -2.32. The average Bonchev–Trinajstić information content (AvgIpc) is 2.81. The van der Waals surface area contributed by atoms with Gasteiger partial charge in [-0.2, -0.15) is 0 Å². The van der Waals surface area contributed by atoms with Gasteiger partial charge >= 0.3 is 12.0 Å². The predicted molar refractivity (Wildman–Crippen MR) is 72.7 cm³/mol. The van der Waals surface area contributed by atoms with E-state index in [-0.39, 0.29) is 6.04 Å². The maximum absolute atomic E-state index is 12.2. The quantitative estimate of drug-likeness (QED) is 0.880. The van der Waals surface area contributed by atoms with Crippen LogP contribution in [0.3, 0.4) is 0 Å². The fourth-order valence-electron chi connectivity index (χ4n) is 1.93. The molecule has 0 saturated heterocycles. The van der Waals surface area contributed by atoms with E-state index in [2.05, 4.69) is 5.32 Å². The summed E-state index contributed by atoms with van der Waals surface area (Å²) in [4.78, 5) is 24.5. The lowest BCUT2D eigenvalue weighted by atomic mass is 10.0. The number of hydrogen-bond donors (Lipinski definition) is 2. The summed E-state index contributed by atoms with van der Waals surface area (Å²) in [5.41, 5.74) is -0.370. The van der Waals surface area contributed by atoms with Gasteiger partial charge in [-0.15, -0.1) is 0 Å². The van der Waals surface area contributed by atoms with Crippen LogP contribution in [0.5, 0.6) is 5.75 Å². The SMILES string of the molecule is CN(C(=O)NC1COc2ccccc21)C(C)(C)C(=O)O. The summed E-state index contributed by atoms with van der Waals surface area (Å²) in [5, 5.41) is 11.9. The Bertz CT molecular complexity index is 542. The Labute approximate surface area is 117 Å². The van der Waals surface area contributed by atoms with Crippen LogP contribution < -0.4 is 10.1 Å². The van der Waals surface area contributed by atoms with E-state index in [9.17, 15) is 9.59 Å². The van der Waals surface area contributed by atoms with E-state index in [1.54, 1.807) is 0 Å². The normalized spacial score (nSPS) is 17.1. The Morgan fingerprint density at radius 1 is 1.40 bits per heavy atom. The number of urea groups is 1. The second kappa shape index (κ2) is 5.03. The first-order chi connectivity index (χ1) is 9.34. The highest BCUT2D eigenvalue weighted by Crippen LogP contribution is 2.31. The second-order valence-corrected chi connectivity index (χ2v) is 5.27. The standard InChI is InChI=1S/C14H18N2O4/c1-14(2,12(17)18)16(3)13(19)15-10-8-20-11-7-5-4-6-9(10)11/h4-7,10H,8H2,1-3H3,(H,15,19)(H,17,18). The van der Waals surface area contributed by atoms with Crippen LogP contribution in [0.4, 0.5) is 4.79 Å². The van der Waals surface area contributed by atoms with Crippen molar-refractivity contribution in [3.8, 4) is 5.75 Å². The molecule has 108 valence electrons. The van der Waals surface area contributed by atoms with Gasteiger partial charge in [-0.3, -0.25) is 0 Å². The van der Waals surface area contributed by atoms with Gasteiger partial charge in [-0.1, -0.05) is 18.2 Å². The Hall–Kier alpha value is -2.24. The number of rotatable bonds is 3. The van der Waals surface area contributed by atoms with Crippen molar-refractivity contribution in [2.75, 3.05) is 13.7 Å². The lowest BCUT2D eigenvalue weighted by Crippen LogP contribution is -2.54. The summed E-state index contributed by atoms with van der Waals surface area (Å²) in [6, 6.07) is 6.76. The molecule has 2 rings (SSSR count). The van der Waals surface area contributed by atoms with Crippen LogP contribution in [-0.2, 0) is 4.79 Å². The molecule has 1 heterocycles. The first-order valence-electron chi connectivity index (χ1n) is 6.33. The summed E-state index contributed by atoms with van der Waals surface area (Å²) in [7, 11) is 1.46. The average molecular weight is 278 g/mol. The largest absolute Gasteiger partial charge is 0.491 e. The van der Waals surface area contributed by atoms with Crippen molar-refractivity contribution in [2.45, 2.75) is 25.4 Å². The van der Waals surface area contributed by atoms with Crippen LogP contribution in [-0.4, -0.2) is 41.2 Å². The molecule has 0 fully saturated rings. The highest BCUT2D eigenvalue weighted by Gasteiger charge is 2.36. The summed E-state index contributed by atoms with van der Waals surface area (Å²) >= 11 is 0. The van der Waals surface area contributed by atoms with Gasteiger partial charge in [-0.05, 0) is 19.9 Å². The molecule has 0 saturated carbocycles. The lowest BCUT2D eigenvalue weighted by molar-refractivity contribution is -0.146. The maximum atomic E-state index is 12.2. The number of nitrogens with zero attached hydrogens (tertiary/aromatic N) is 1. The molecule has 1 atom stereocenters. The molecule has 1 aromatic rings. The maximum Gasteiger partial charge on any atom is 0.329 e. The number of para-hydroxylation sites is 1. The van der Waals surface area contributed by atoms with Crippen molar-refractivity contribution < 1.29 is 19.4 Å². The molecular formula is C14H18N2O4. The van der Waals surface area contributed by atoms with Crippen molar-refractivity contribution in [3.63, 3.8) is 0 Å². The first-order valence-corrected chi connectivity index (χ1v) is 6.33. The number of nitrogens with one attached hydrogen (secondary N) is 1. The Morgan fingerprint density at radius 2 is 2.05 bits per heavy atom. The number of carboxylic acids is 1. The number of carboxylic acid groups (broad SMARTS) is 1. The second-order valence-electron chi connectivity index (χ2n) is 5.27. The zero-order chi connectivity index (χ0) is 14.9. The number of likely N-dealkylation sites (N-methyl/N-ethyl adjacent to an activating group) is 1. The van der Waals surface area contributed by atoms with Gasteiger partial charge in [0.25, 0.3) is 0 Å². The zero-order valence-electron chi connectivity index (χ0n) is 11.7. The third kappa shape index (κ3) is 2.41. The van der Waals surface area contributed by atoms with Gasteiger partial charge < -0.3 is 20.1 Å². The predicted octanol–water partition coefficient (Wildman–Crippen LogP) is 1.62. The molecule has 0 aliphatic carbocycles. The monoisotopic (exact) mass is 278 g/mol. The molecule has 2 amide bonds. The number of hydrogen-bond acceptors (Lipinski definition) is 3. The van der Waals surface area contributed by atoms with Gasteiger partial charge in [0.05, 0.1) is 6.04 Å². The Balaban J connectivity index is 2.09. The molecule has 0 spiro atoms. The van der Waals surface area contributed by atoms with Crippen LogP contribution in [0.25, 0.3) is 0 Å². The van der Waals surface area contributed by atoms with E-state index >= 15 is 0 Å². The van der Waals surface area contributed by atoms with Gasteiger partial charge in [-0.25, -0.2) is 9.59 Å². The van der Waals surface area contributed by atoms with E-state index in [0.29, 0.717) is 6.61 Å². The molecule has 0 aromatic heterocycles. The third-order valence-electron chi connectivity index (χ3n) is 3.66. The third-order valence-corrected chi connectivity index (χ3v) is 3.66. The number of aliphatic carboxylic acids is 1. The van der Waals surface area contributed by atoms with Crippen molar-refractivity contribution >= 4 is 12.0 Å². The summed E-state index contributed by atoms with van der Waals surface area (Å²) in [5.74, 6) is -0.309. The Morgan fingerprint density at radius 3 is 2.70 bits per heavy atom. The first kappa shape index (κ1) is 14.2. The van der Waals surface area contributed by atoms with E-state index in [4.69, 9.17) is 9.84 Å². The van der Waals surface area contributed by atoms with Crippen molar-refractivity contribution in [2.24, 2.45) is 0 Å². The Kier molecular flexibility index (Phi) is 3.57. The zero-order valence-corrected chi connectivity index (χ0v) is 11.7. The van der Waals surface area contributed by atoms with Gasteiger partial charge in [0, 0.05) is 12.6 Å². The smallest absolute Gasteiger partial charge is 0.329 e. The summed E-state index contributed by atoms with van der Waals surface area (Å²) in [6.07, 6.45) is 0. The summed E-state index contributed by atoms with van der Waals surface area (Å²) in [6.45, 7) is 3.31. The number of carbonyl (C=O) groups excluding carboxylic acids is 1. The van der Waals surface area contributed by atoms with E-state index in [1.807, 2.05) is 24.3 Å². The van der Waals surface area contributed by atoms with Crippen molar-refractivity contribution in [1.82, 2.24) is 10.2 Å². The molecule has 2 N–H and O–H groups in total. The highest BCUT2D eigenvalue weighted by atomic mass is 16.5. The fraction of sp³-hybridized carbons (Fsp3) is 0.429. The highest BCUT2D eigenvalue weighted by molar-refractivity contribution is 5.85. The van der Waals surface area contributed by atoms with Crippen LogP contribution in [0, 0.1) is 0 Å². The molecule has 0 radical (unpaired) electrons. The molecule has 1 aliphatic heterocycles.